The third-order valence-corrected chi connectivity index (χ3v) is 3.83. The highest BCUT2D eigenvalue weighted by atomic mass is 16.6. The van der Waals surface area contributed by atoms with Gasteiger partial charge in [-0.15, -0.1) is 0 Å². The summed E-state index contributed by atoms with van der Waals surface area (Å²) in [6, 6.07) is 8.83. The second-order valence-corrected chi connectivity index (χ2v) is 6.10. The minimum Gasteiger partial charge on any atom is -0.464 e. The minimum absolute atomic E-state index is 0.354. The van der Waals surface area contributed by atoms with E-state index in [0.717, 1.165) is 44.1 Å². The van der Waals surface area contributed by atoms with Gasteiger partial charge in [0.2, 0.25) is 0 Å². The van der Waals surface area contributed by atoms with Crippen LogP contribution in [0.1, 0.15) is 57.9 Å². The van der Waals surface area contributed by atoms with Crippen LogP contribution in [0.25, 0.3) is 0 Å². The lowest BCUT2D eigenvalue weighted by molar-refractivity contribution is -0.146. The van der Waals surface area contributed by atoms with Gasteiger partial charge in [-0.25, -0.2) is 9.59 Å². The number of nitrogens with one attached hydrogen (secondary N) is 1. The number of unbranched alkanes of at least 4 members (excludes halogenated alkanes) is 4. The fraction of sp³-hybridized carbons (Fsp3) is 0.600. The van der Waals surface area contributed by atoms with Crippen molar-refractivity contribution in [3.63, 3.8) is 0 Å². The van der Waals surface area contributed by atoms with E-state index in [9.17, 15) is 9.59 Å². The molecule has 1 aromatic rings. The van der Waals surface area contributed by atoms with E-state index in [-0.39, 0.29) is 0 Å². The SMILES string of the molecule is CCCCCCOC(=O)C(Cc1ccccc1)NC(=O)OCCCC. The average Bonchev–Trinajstić information content (AvgIpc) is 2.62. The van der Waals surface area contributed by atoms with Gasteiger partial charge >= 0.3 is 12.1 Å². The van der Waals surface area contributed by atoms with Gasteiger partial charge in [0, 0.05) is 6.42 Å². The predicted molar refractivity (Wildman–Crippen MR) is 98.4 cm³/mol. The second kappa shape index (κ2) is 13.3. The molecule has 0 bridgehead atoms. The molecule has 5 heteroatoms. The Bertz CT molecular complexity index is 490. The van der Waals surface area contributed by atoms with E-state index in [4.69, 9.17) is 9.47 Å². The molecule has 25 heavy (non-hydrogen) atoms. The molecule has 1 N–H and O–H groups in total. The van der Waals surface area contributed by atoms with Crippen LogP contribution in [0.5, 0.6) is 0 Å². The highest BCUT2D eigenvalue weighted by Crippen LogP contribution is 2.06. The summed E-state index contributed by atoms with van der Waals surface area (Å²) < 4.78 is 10.4. The molecule has 1 amide bonds. The third-order valence-electron chi connectivity index (χ3n) is 3.83. The molecular formula is C20H31NO4. The summed E-state index contributed by atoms with van der Waals surface area (Å²) >= 11 is 0. The summed E-state index contributed by atoms with van der Waals surface area (Å²) in [4.78, 5) is 24.3. The zero-order valence-electron chi connectivity index (χ0n) is 15.5. The van der Waals surface area contributed by atoms with E-state index in [0.29, 0.717) is 19.6 Å². The largest absolute Gasteiger partial charge is 0.464 e. The average molecular weight is 349 g/mol. The van der Waals surface area contributed by atoms with Crippen molar-refractivity contribution >= 4 is 12.1 Å². The molecule has 0 aliphatic rings. The number of rotatable bonds is 12. The molecule has 0 aromatic heterocycles. The molecule has 5 nitrogen and oxygen atoms in total. The van der Waals surface area contributed by atoms with Gasteiger partial charge in [0.25, 0.3) is 0 Å². The highest BCUT2D eigenvalue weighted by molar-refractivity contribution is 5.81. The maximum Gasteiger partial charge on any atom is 0.407 e. The molecule has 1 unspecified atom stereocenters. The van der Waals surface area contributed by atoms with Crippen LogP contribution in [-0.4, -0.2) is 31.3 Å². The first-order valence-corrected chi connectivity index (χ1v) is 9.31. The van der Waals surface area contributed by atoms with Crippen LogP contribution in [0.4, 0.5) is 4.79 Å². The lowest BCUT2D eigenvalue weighted by Crippen LogP contribution is -2.43. The van der Waals surface area contributed by atoms with Gasteiger partial charge in [-0.1, -0.05) is 69.9 Å². The number of amides is 1. The first-order chi connectivity index (χ1) is 12.2. The van der Waals surface area contributed by atoms with Gasteiger partial charge < -0.3 is 14.8 Å². The Labute approximate surface area is 151 Å². The summed E-state index contributed by atoms with van der Waals surface area (Å²) in [5.74, 6) is -0.409. The van der Waals surface area contributed by atoms with Crippen LogP contribution in [0, 0.1) is 0 Å². The van der Waals surface area contributed by atoms with Crippen LogP contribution in [0.2, 0.25) is 0 Å². The maximum atomic E-state index is 12.4. The van der Waals surface area contributed by atoms with E-state index >= 15 is 0 Å². The lowest BCUT2D eigenvalue weighted by atomic mass is 10.1. The van der Waals surface area contributed by atoms with E-state index in [1.807, 2.05) is 37.3 Å². The number of hydrogen-bond donors (Lipinski definition) is 1. The third kappa shape index (κ3) is 9.75. The van der Waals surface area contributed by atoms with Crippen LogP contribution < -0.4 is 5.32 Å². The molecule has 0 saturated carbocycles. The Kier molecular flexibility index (Phi) is 11.2. The van der Waals surface area contributed by atoms with Gasteiger partial charge in [0.05, 0.1) is 13.2 Å². The van der Waals surface area contributed by atoms with E-state index in [1.165, 1.54) is 0 Å². The quantitative estimate of drug-likeness (QED) is 0.453. The normalized spacial score (nSPS) is 11.6. The number of benzene rings is 1. The van der Waals surface area contributed by atoms with Gasteiger partial charge in [-0.3, -0.25) is 0 Å². The van der Waals surface area contributed by atoms with Gasteiger partial charge in [-0.05, 0) is 18.4 Å². The van der Waals surface area contributed by atoms with Gasteiger partial charge in [0.15, 0.2) is 0 Å². The summed E-state index contributed by atoms with van der Waals surface area (Å²) in [6.45, 7) is 4.90. The second-order valence-electron chi connectivity index (χ2n) is 6.10. The first-order valence-electron chi connectivity index (χ1n) is 9.31. The Morgan fingerprint density at radius 2 is 1.60 bits per heavy atom. The zero-order valence-corrected chi connectivity index (χ0v) is 15.5. The molecule has 0 saturated heterocycles. The number of alkyl carbamates (subject to hydrolysis) is 1. The van der Waals surface area contributed by atoms with Crippen LogP contribution in [0.3, 0.4) is 0 Å². The smallest absolute Gasteiger partial charge is 0.407 e. The minimum atomic E-state index is -0.734. The van der Waals surface area contributed by atoms with Crippen LogP contribution in [-0.2, 0) is 20.7 Å². The molecule has 1 aromatic carbocycles. The zero-order chi connectivity index (χ0) is 18.3. The Morgan fingerprint density at radius 3 is 2.28 bits per heavy atom. The fourth-order valence-electron chi connectivity index (χ4n) is 2.34. The van der Waals surface area contributed by atoms with Crippen molar-refractivity contribution in [3.05, 3.63) is 35.9 Å². The summed E-state index contributed by atoms with van der Waals surface area (Å²) in [7, 11) is 0. The number of ether oxygens (including phenoxy) is 2. The summed E-state index contributed by atoms with van der Waals surface area (Å²) in [6.07, 6.45) is 5.72. The molecule has 1 atom stereocenters. The highest BCUT2D eigenvalue weighted by Gasteiger charge is 2.23. The van der Waals surface area contributed by atoms with Crippen molar-refractivity contribution in [1.82, 2.24) is 5.32 Å². The molecule has 0 heterocycles. The number of esters is 1. The molecule has 0 aliphatic heterocycles. The summed E-state index contributed by atoms with van der Waals surface area (Å²) in [5.41, 5.74) is 0.962. The predicted octanol–water partition coefficient (Wildman–Crippen LogP) is 4.25. The monoisotopic (exact) mass is 349 g/mol. The van der Waals surface area contributed by atoms with Crippen molar-refractivity contribution in [1.29, 1.82) is 0 Å². The van der Waals surface area contributed by atoms with Gasteiger partial charge in [0.1, 0.15) is 6.04 Å². The van der Waals surface area contributed by atoms with E-state index in [2.05, 4.69) is 12.2 Å². The fourth-order valence-corrected chi connectivity index (χ4v) is 2.34. The van der Waals surface area contributed by atoms with Crippen molar-refractivity contribution in [2.24, 2.45) is 0 Å². The Balaban J connectivity index is 2.54. The molecule has 140 valence electrons. The van der Waals surface area contributed by atoms with Crippen LogP contribution >= 0.6 is 0 Å². The maximum absolute atomic E-state index is 12.4. The Hall–Kier alpha value is -2.04. The molecule has 1 rings (SSSR count). The molecule has 0 fully saturated rings. The van der Waals surface area contributed by atoms with Crippen molar-refractivity contribution < 1.29 is 19.1 Å². The lowest BCUT2D eigenvalue weighted by Gasteiger charge is -2.18. The molecular weight excluding hydrogens is 318 g/mol. The molecule has 0 radical (unpaired) electrons. The van der Waals surface area contributed by atoms with Crippen molar-refractivity contribution in [3.8, 4) is 0 Å². The Morgan fingerprint density at radius 1 is 0.920 bits per heavy atom. The van der Waals surface area contributed by atoms with Crippen molar-refractivity contribution in [2.75, 3.05) is 13.2 Å². The number of hydrogen-bond acceptors (Lipinski definition) is 4. The number of carbonyl (C=O) groups is 2. The standard InChI is InChI=1S/C20H31NO4/c1-3-5-7-11-15-24-19(22)18(16-17-12-9-8-10-13-17)21-20(23)25-14-6-4-2/h8-10,12-13,18H,3-7,11,14-16H2,1-2H3,(H,21,23). The molecule has 0 aliphatic carbocycles. The van der Waals surface area contributed by atoms with E-state index in [1.54, 1.807) is 0 Å². The van der Waals surface area contributed by atoms with E-state index < -0.39 is 18.1 Å². The molecule has 0 spiro atoms. The van der Waals surface area contributed by atoms with Crippen molar-refractivity contribution in [2.45, 2.75) is 64.8 Å². The summed E-state index contributed by atoms with van der Waals surface area (Å²) in [5, 5.41) is 2.64. The van der Waals surface area contributed by atoms with Gasteiger partial charge in [-0.2, -0.15) is 0 Å². The topological polar surface area (TPSA) is 64.6 Å². The number of carbonyl (C=O) groups excluding carboxylic acids is 2. The van der Waals surface area contributed by atoms with Crippen LogP contribution in [0.15, 0.2) is 30.3 Å². The first kappa shape index (κ1) is 21.0.